The predicted octanol–water partition coefficient (Wildman–Crippen LogP) is 5.44. The van der Waals surface area contributed by atoms with E-state index in [2.05, 4.69) is 63.1 Å². The summed E-state index contributed by atoms with van der Waals surface area (Å²) in [5.74, 6) is 1.70. The first-order valence-electron chi connectivity index (χ1n) is 12.1. The lowest BCUT2D eigenvalue weighted by Crippen LogP contribution is -2.41. The number of rotatable bonds is 8. The number of aromatic nitrogens is 1. The van der Waals surface area contributed by atoms with Crippen molar-refractivity contribution in [1.82, 2.24) is 9.47 Å². The van der Waals surface area contributed by atoms with Gasteiger partial charge in [-0.2, -0.15) is 0 Å². The molecule has 0 saturated carbocycles. The summed E-state index contributed by atoms with van der Waals surface area (Å²) in [7, 11) is 1.66. The van der Waals surface area contributed by atoms with Crippen molar-refractivity contribution in [1.29, 1.82) is 0 Å². The van der Waals surface area contributed by atoms with Gasteiger partial charge in [-0.15, -0.1) is 0 Å². The van der Waals surface area contributed by atoms with Gasteiger partial charge in [0.2, 0.25) is 5.91 Å². The molecule has 6 nitrogen and oxygen atoms in total. The van der Waals surface area contributed by atoms with Gasteiger partial charge in [0.25, 0.3) is 0 Å². The molecule has 0 radical (unpaired) electrons. The topological polar surface area (TPSA) is 52.9 Å². The van der Waals surface area contributed by atoms with E-state index in [1.54, 1.807) is 7.11 Å². The molecular weight excluding hydrogens is 520 g/mol. The SMILES string of the molecule is COc1cccc(COc2ccc3c(c2)c(CC(=O)N2CCOCC2)cn3Cc2ccc(Br)cc2)c1. The maximum atomic E-state index is 13.1. The first-order valence-corrected chi connectivity index (χ1v) is 12.9. The maximum Gasteiger partial charge on any atom is 0.227 e. The van der Waals surface area contributed by atoms with Gasteiger partial charge in [-0.05, 0) is 59.2 Å². The summed E-state index contributed by atoms with van der Waals surface area (Å²) in [5.41, 5.74) is 4.31. The van der Waals surface area contributed by atoms with E-state index in [0.717, 1.165) is 44.5 Å². The van der Waals surface area contributed by atoms with Gasteiger partial charge in [-0.3, -0.25) is 4.79 Å². The first-order chi connectivity index (χ1) is 17.6. The monoisotopic (exact) mass is 548 g/mol. The molecule has 0 bridgehead atoms. The van der Waals surface area contributed by atoms with Crippen LogP contribution in [-0.4, -0.2) is 48.8 Å². The molecule has 0 aliphatic carbocycles. The highest BCUT2D eigenvalue weighted by Crippen LogP contribution is 2.29. The Balaban J connectivity index is 1.42. The normalized spacial score (nSPS) is 13.7. The van der Waals surface area contributed by atoms with E-state index >= 15 is 0 Å². The molecule has 1 aromatic heterocycles. The number of hydrogen-bond acceptors (Lipinski definition) is 4. The van der Waals surface area contributed by atoms with E-state index in [-0.39, 0.29) is 5.91 Å². The molecule has 1 aliphatic heterocycles. The fourth-order valence-corrected chi connectivity index (χ4v) is 4.78. The Hall–Kier alpha value is -3.29. The van der Waals surface area contributed by atoms with E-state index in [0.29, 0.717) is 39.3 Å². The number of fused-ring (bicyclic) bond motifs is 1. The Morgan fingerprint density at radius 3 is 2.56 bits per heavy atom. The predicted molar refractivity (Wildman–Crippen MR) is 144 cm³/mol. The number of morpholine rings is 1. The summed E-state index contributed by atoms with van der Waals surface area (Å²) in [6, 6.07) is 22.3. The van der Waals surface area contributed by atoms with Gasteiger partial charge in [0.05, 0.1) is 26.7 Å². The quantitative estimate of drug-likeness (QED) is 0.294. The number of methoxy groups -OCH3 is 1. The summed E-state index contributed by atoms with van der Waals surface area (Å²) in [4.78, 5) is 15.0. The lowest BCUT2D eigenvalue weighted by molar-refractivity contribution is -0.134. The minimum Gasteiger partial charge on any atom is -0.497 e. The summed E-state index contributed by atoms with van der Waals surface area (Å²) in [6.45, 7) is 3.64. The van der Waals surface area contributed by atoms with Crippen LogP contribution in [0.1, 0.15) is 16.7 Å². The molecule has 3 aromatic carbocycles. The maximum absolute atomic E-state index is 13.1. The van der Waals surface area contributed by atoms with Crippen molar-refractivity contribution in [2.75, 3.05) is 33.4 Å². The van der Waals surface area contributed by atoms with Crippen LogP contribution >= 0.6 is 15.9 Å². The molecule has 1 amide bonds. The number of benzene rings is 3. The van der Waals surface area contributed by atoms with E-state index in [1.807, 2.05) is 35.2 Å². The fourth-order valence-electron chi connectivity index (χ4n) is 4.51. The third-order valence-corrected chi connectivity index (χ3v) is 6.98. The lowest BCUT2D eigenvalue weighted by Gasteiger charge is -2.26. The van der Waals surface area contributed by atoms with Crippen molar-refractivity contribution in [3.63, 3.8) is 0 Å². The second-order valence-corrected chi connectivity index (χ2v) is 9.81. The summed E-state index contributed by atoms with van der Waals surface area (Å²) < 4.78 is 20.1. The van der Waals surface area contributed by atoms with Gasteiger partial charge in [0.15, 0.2) is 0 Å². The van der Waals surface area contributed by atoms with Crippen molar-refractivity contribution in [2.45, 2.75) is 19.6 Å². The zero-order valence-electron chi connectivity index (χ0n) is 20.3. The first kappa shape index (κ1) is 24.4. The molecule has 0 atom stereocenters. The number of amides is 1. The van der Waals surface area contributed by atoms with Crippen LogP contribution in [0.25, 0.3) is 10.9 Å². The molecule has 5 rings (SSSR count). The highest BCUT2D eigenvalue weighted by Gasteiger charge is 2.20. The van der Waals surface area contributed by atoms with Crippen molar-refractivity contribution in [3.05, 3.63) is 94.1 Å². The Morgan fingerprint density at radius 2 is 1.78 bits per heavy atom. The molecule has 36 heavy (non-hydrogen) atoms. The Labute approximate surface area is 219 Å². The van der Waals surface area contributed by atoms with Crippen molar-refractivity contribution in [2.24, 2.45) is 0 Å². The van der Waals surface area contributed by atoms with E-state index in [9.17, 15) is 4.79 Å². The van der Waals surface area contributed by atoms with Crippen LogP contribution in [0.3, 0.4) is 0 Å². The second kappa shape index (κ2) is 11.2. The van der Waals surface area contributed by atoms with Gasteiger partial charge in [-0.1, -0.05) is 40.2 Å². The van der Waals surface area contributed by atoms with Gasteiger partial charge in [-0.25, -0.2) is 0 Å². The third-order valence-electron chi connectivity index (χ3n) is 6.45. The van der Waals surface area contributed by atoms with Crippen molar-refractivity contribution >= 4 is 32.7 Å². The molecule has 7 heteroatoms. The largest absolute Gasteiger partial charge is 0.497 e. The van der Waals surface area contributed by atoms with Crippen molar-refractivity contribution in [3.8, 4) is 11.5 Å². The van der Waals surface area contributed by atoms with Gasteiger partial charge >= 0.3 is 0 Å². The number of carbonyl (C=O) groups is 1. The average Bonchev–Trinajstić information content (AvgIpc) is 3.25. The standard InChI is InChI=1S/C29H29BrN2O4/c1-34-25-4-2-3-22(15-25)20-36-26-9-10-28-27(17-26)23(16-29(33)31-11-13-35-14-12-31)19-32(28)18-21-5-7-24(30)8-6-21/h2-10,15,17,19H,11-14,16,18,20H2,1H3. The second-order valence-electron chi connectivity index (χ2n) is 8.90. The number of carbonyl (C=O) groups excluding carboxylic acids is 1. The molecule has 1 fully saturated rings. The third kappa shape index (κ3) is 5.74. The highest BCUT2D eigenvalue weighted by atomic mass is 79.9. The smallest absolute Gasteiger partial charge is 0.227 e. The van der Waals surface area contributed by atoms with E-state index < -0.39 is 0 Å². The van der Waals surface area contributed by atoms with Gasteiger partial charge < -0.3 is 23.7 Å². The number of nitrogens with zero attached hydrogens (tertiary/aromatic N) is 2. The Morgan fingerprint density at radius 1 is 0.972 bits per heavy atom. The zero-order chi connectivity index (χ0) is 24.9. The minimum atomic E-state index is 0.128. The summed E-state index contributed by atoms with van der Waals surface area (Å²) in [5, 5.41) is 1.04. The van der Waals surface area contributed by atoms with E-state index in [4.69, 9.17) is 14.2 Å². The van der Waals surface area contributed by atoms with Gasteiger partial charge in [0, 0.05) is 41.2 Å². The van der Waals surface area contributed by atoms with Crippen molar-refractivity contribution < 1.29 is 19.0 Å². The van der Waals surface area contributed by atoms with Crippen LogP contribution in [-0.2, 0) is 29.1 Å². The number of ether oxygens (including phenoxy) is 3. The molecule has 1 saturated heterocycles. The minimum absolute atomic E-state index is 0.128. The molecule has 1 aliphatic rings. The fraction of sp³-hybridized carbons (Fsp3) is 0.276. The summed E-state index contributed by atoms with van der Waals surface area (Å²) in [6.07, 6.45) is 2.46. The van der Waals surface area contributed by atoms with Crippen LogP contribution in [0, 0.1) is 0 Å². The Kier molecular flexibility index (Phi) is 7.58. The van der Waals surface area contributed by atoms with Crippen LogP contribution in [0.4, 0.5) is 0 Å². The zero-order valence-corrected chi connectivity index (χ0v) is 21.9. The highest BCUT2D eigenvalue weighted by molar-refractivity contribution is 9.10. The molecular formula is C29H29BrN2O4. The Bertz CT molecular complexity index is 1340. The van der Waals surface area contributed by atoms with Gasteiger partial charge in [0.1, 0.15) is 18.1 Å². The van der Waals surface area contributed by atoms with Crippen LogP contribution < -0.4 is 9.47 Å². The van der Waals surface area contributed by atoms with Crippen LogP contribution in [0.15, 0.2) is 77.4 Å². The molecule has 2 heterocycles. The number of hydrogen-bond donors (Lipinski definition) is 0. The lowest BCUT2D eigenvalue weighted by atomic mass is 10.1. The van der Waals surface area contributed by atoms with Crippen LogP contribution in [0.5, 0.6) is 11.5 Å². The van der Waals surface area contributed by atoms with E-state index in [1.165, 1.54) is 5.56 Å². The molecule has 4 aromatic rings. The molecule has 0 N–H and O–H groups in total. The van der Waals surface area contributed by atoms with Crippen LogP contribution in [0.2, 0.25) is 0 Å². The molecule has 0 unspecified atom stereocenters. The number of halogens is 1. The molecule has 0 spiro atoms. The average molecular weight is 549 g/mol. The molecule has 186 valence electrons. The summed E-state index contributed by atoms with van der Waals surface area (Å²) >= 11 is 3.51.